The third-order valence-corrected chi connectivity index (χ3v) is 1.94. The third kappa shape index (κ3) is 1.05. The van der Waals surface area contributed by atoms with E-state index in [-0.39, 0.29) is 5.12 Å². The van der Waals surface area contributed by atoms with E-state index >= 15 is 0 Å². The topological polar surface area (TPSA) is 17.1 Å². The van der Waals surface area contributed by atoms with E-state index in [0.29, 0.717) is 4.88 Å². The monoisotopic (exact) mass is 143 g/mol. The van der Waals surface area contributed by atoms with Gasteiger partial charge in [-0.2, -0.15) is 0 Å². The Bertz CT molecular complexity index is 178. The standard InChI is InChI=1S/C5H4OS2/c6-5(7)4-2-1-3-8-4/h1-3H,(H,6,7)/p-1. The number of carbonyl (C=O) groups is 1. The van der Waals surface area contributed by atoms with Crippen LogP contribution in [-0.4, -0.2) is 5.12 Å². The lowest BCUT2D eigenvalue weighted by atomic mass is 10.5. The minimum atomic E-state index is -0.264. The third-order valence-electron chi connectivity index (χ3n) is 0.722. The quantitative estimate of drug-likeness (QED) is 0.553. The van der Waals surface area contributed by atoms with Gasteiger partial charge >= 0.3 is 0 Å². The van der Waals surface area contributed by atoms with Crippen LogP contribution in [0.3, 0.4) is 0 Å². The summed E-state index contributed by atoms with van der Waals surface area (Å²) in [6.07, 6.45) is 0. The predicted octanol–water partition coefficient (Wildman–Crippen LogP) is 1.44. The highest BCUT2D eigenvalue weighted by atomic mass is 32.1. The average molecular weight is 143 g/mol. The maximum absolute atomic E-state index is 10.3. The zero-order valence-corrected chi connectivity index (χ0v) is 5.59. The summed E-state index contributed by atoms with van der Waals surface area (Å²) in [5.41, 5.74) is 0. The van der Waals surface area contributed by atoms with E-state index in [0.717, 1.165) is 0 Å². The van der Waals surface area contributed by atoms with Crippen LogP contribution in [0.15, 0.2) is 17.5 Å². The van der Waals surface area contributed by atoms with E-state index in [1.165, 1.54) is 11.3 Å². The van der Waals surface area contributed by atoms with Crippen molar-refractivity contribution >= 4 is 29.1 Å². The molecule has 0 atom stereocenters. The van der Waals surface area contributed by atoms with E-state index in [1.54, 1.807) is 6.07 Å². The van der Waals surface area contributed by atoms with Crippen molar-refractivity contribution in [3.8, 4) is 0 Å². The van der Waals surface area contributed by atoms with Gasteiger partial charge in [0.2, 0.25) is 0 Å². The van der Waals surface area contributed by atoms with Gasteiger partial charge in [-0.3, -0.25) is 0 Å². The van der Waals surface area contributed by atoms with E-state index < -0.39 is 0 Å². The van der Waals surface area contributed by atoms with Gasteiger partial charge in [0, 0.05) is 4.88 Å². The number of rotatable bonds is 1. The Hall–Kier alpha value is -0.410. The van der Waals surface area contributed by atoms with Gasteiger partial charge in [-0.25, -0.2) is 0 Å². The highest BCUT2D eigenvalue weighted by Crippen LogP contribution is 2.07. The van der Waals surface area contributed by atoms with Crippen LogP contribution in [0.1, 0.15) is 9.67 Å². The molecule has 1 aromatic heterocycles. The van der Waals surface area contributed by atoms with Crippen LogP contribution in [0, 0.1) is 0 Å². The molecule has 1 heterocycles. The molecule has 0 fully saturated rings. The molecule has 0 saturated carbocycles. The summed E-state index contributed by atoms with van der Waals surface area (Å²) < 4.78 is 0. The number of carbonyl (C=O) groups excluding carboxylic acids is 1. The van der Waals surface area contributed by atoms with Gasteiger partial charge in [0.25, 0.3) is 0 Å². The Morgan fingerprint density at radius 1 is 1.75 bits per heavy atom. The maximum atomic E-state index is 10.3. The Morgan fingerprint density at radius 2 is 2.50 bits per heavy atom. The van der Waals surface area contributed by atoms with Crippen LogP contribution >= 0.6 is 11.3 Å². The summed E-state index contributed by atoms with van der Waals surface area (Å²) in [6, 6.07) is 3.53. The minimum Gasteiger partial charge on any atom is -0.736 e. The highest BCUT2D eigenvalue weighted by molar-refractivity contribution is 7.78. The Morgan fingerprint density at radius 3 is 2.75 bits per heavy atom. The zero-order chi connectivity index (χ0) is 5.98. The smallest absolute Gasteiger partial charge is 0.0522 e. The van der Waals surface area contributed by atoms with Crippen LogP contribution in [-0.2, 0) is 12.6 Å². The maximum Gasteiger partial charge on any atom is 0.0522 e. The van der Waals surface area contributed by atoms with Crippen LogP contribution in [0.4, 0.5) is 0 Å². The number of hydrogen-bond acceptors (Lipinski definition) is 3. The van der Waals surface area contributed by atoms with Crippen LogP contribution < -0.4 is 0 Å². The summed E-state index contributed by atoms with van der Waals surface area (Å²) in [6.45, 7) is 0. The van der Waals surface area contributed by atoms with E-state index in [2.05, 4.69) is 12.6 Å². The van der Waals surface area contributed by atoms with Crippen molar-refractivity contribution < 1.29 is 4.79 Å². The van der Waals surface area contributed by atoms with Crippen LogP contribution in [0.25, 0.3) is 0 Å². The lowest BCUT2D eigenvalue weighted by molar-refractivity contribution is 0.109. The summed E-state index contributed by atoms with van der Waals surface area (Å²) in [5, 5.41) is 1.57. The molecule has 0 spiro atoms. The molecule has 0 aliphatic rings. The normalized spacial score (nSPS) is 9.00. The molecule has 0 amide bonds. The molecular weight excluding hydrogens is 140 g/mol. The molecule has 3 heteroatoms. The van der Waals surface area contributed by atoms with Crippen LogP contribution in [0.5, 0.6) is 0 Å². The molecular formula is C5H3OS2-. The first-order chi connectivity index (χ1) is 3.80. The second kappa shape index (κ2) is 2.24. The first-order valence-corrected chi connectivity index (χ1v) is 3.34. The summed E-state index contributed by atoms with van der Waals surface area (Å²) in [5.74, 6) is 0. The van der Waals surface area contributed by atoms with Gasteiger partial charge < -0.3 is 17.4 Å². The second-order valence-electron chi connectivity index (χ2n) is 1.26. The molecule has 0 unspecified atom stereocenters. The number of thiophene rings is 1. The van der Waals surface area contributed by atoms with Gasteiger partial charge in [0.15, 0.2) is 0 Å². The zero-order valence-electron chi connectivity index (χ0n) is 3.96. The summed E-state index contributed by atoms with van der Waals surface area (Å²) in [4.78, 5) is 11.0. The van der Waals surface area contributed by atoms with E-state index in [9.17, 15) is 4.79 Å². The Labute approximate surface area is 56.8 Å². The van der Waals surface area contributed by atoms with Crippen molar-refractivity contribution in [2.45, 2.75) is 0 Å². The Kier molecular flexibility index (Phi) is 1.60. The largest absolute Gasteiger partial charge is 0.736 e. The number of hydrogen-bond donors (Lipinski definition) is 0. The van der Waals surface area contributed by atoms with Crippen molar-refractivity contribution in [3.63, 3.8) is 0 Å². The van der Waals surface area contributed by atoms with Crippen molar-refractivity contribution in [1.29, 1.82) is 0 Å². The highest BCUT2D eigenvalue weighted by Gasteiger charge is 1.87. The SMILES string of the molecule is O=C([S-])c1cccs1. The lowest BCUT2D eigenvalue weighted by Crippen LogP contribution is -1.84. The van der Waals surface area contributed by atoms with Gasteiger partial charge in [-0.15, -0.1) is 11.3 Å². The van der Waals surface area contributed by atoms with Crippen molar-refractivity contribution in [2.24, 2.45) is 0 Å². The average Bonchev–Trinajstić information content (AvgIpc) is 2.12. The molecule has 0 N–H and O–H groups in total. The van der Waals surface area contributed by atoms with Crippen molar-refractivity contribution in [1.82, 2.24) is 0 Å². The molecule has 42 valence electrons. The predicted molar refractivity (Wildman–Crippen MR) is 36.0 cm³/mol. The lowest BCUT2D eigenvalue weighted by Gasteiger charge is -1.94. The molecule has 1 aromatic rings. The van der Waals surface area contributed by atoms with E-state index in [1.807, 2.05) is 11.4 Å². The molecule has 8 heavy (non-hydrogen) atoms. The molecule has 0 aliphatic heterocycles. The molecule has 1 nitrogen and oxygen atoms in total. The first kappa shape index (κ1) is 5.72. The van der Waals surface area contributed by atoms with Gasteiger partial charge in [0.05, 0.1) is 5.12 Å². The van der Waals surface area contributed by atoms with Gasteiger partial charge in [-0.1, -0.05) is 6.07 Å². The van der Waals surface area contributed by atoms with Crippen LogP contribution in [0.2, 0.25) is 0 Å². The fourth-order valence-electron chi connectivity index (χ4n) is 0.395. The molecule has 1 rings (SSSR count). The van der Waals surface area contributed by atoms with Crippen molar-refractivity contribution in [2.75, 3.05) is 0 Å². The minimum absolute atomic E-state index is 0.264. The first-order valence-electron chi connectivity index (χ1n) is 2.05. The molecule has 0 aromatic carbocycles. The fraction of sp³-hybridized carbons (Fsp3) is 0. The summed E-state index contributed by atoms with van der Waals surface area (Å²) in [7, 11) is 0. The molecule has 0 aliphatic carbocycles. The summed E-state index contributed by atoms with van der Waals surface area (Å²) >= 11 is 5.75. The molecule has 0 bridgehead atoms. The Balaban J connectivity index is 2.93. The fourth-order valence-corrected chi connectivity index (χ4v) is 1.16. The molecule has 0 radical (unpaired) electrons. The van der Waals surface area contributed by atoms with Gasteiger partial charge in [-0.05, 0) is 11.4 Å². The molecule has 0 saturated heterocycles. The van der Waals surface area contributed by atoms with E-state index in [4.69, 9.17) is 0 Å². The van der Waals surface area contributed by atoms with Crippen molar-refractivity contribution in [3.05, 3.63) is 22.4 Å². The second-order valence-corrected chi connectivity index (χ2v) is 2.58. The van der Waals surface area contributed by atoms with Gasteiger partial charge in [0.1, 0.15) is 0 Å².